The number of hydrogen-bond acceptors (Lipinski definition) is 2. The molecule has 0 saturated carbocycles. The summed E-state index contributed by atoms with van der Waals surface area (Å²) in [5, 5.41) is 3.45. The van der Waals surface area contributed by atoms with E-state index in [1.54, 1.807) is 0 Å². The van der Waals surface area contributed by atoms with Crippen LogP contribution in [0.3, 0.4) is 0 Å². The first kappa shape index (κ1) is 7.56. The fourth-order valence-electron chi connectivity index (χ4n) is 2.25. The van der Waals surface area contributed by atoms with Gasteiger partial charge >= 0.3 is 0 Å². The highest BCUT2D eigenvalue weighted by molar-refractivity contribution is 5.00. The van der Waals surface area contributed by atoms with Crippen LogP contribution < -0.4 is 5.32 Å². The first-order valence-electron chi connectivity index (χ1n) is 4.67. The van der Waals surface area contributed by atoms with Crippen molar-refractivity contribution >= 4 is 0 Å². The van der Waals surface area contributed by atoms with E-state index < -0.39 is 0 Å². The Hall–Kier alpha value is -0.0800. The minimum atomic E-state index is 0.685. The maximum atomic E-state index is 3.45. The van der Waals surface area contributed by atoms with Gasteiger partial charge in [0.05, 0.1) is 0 Å². The number of nitrogens with zero attached hydrogens (tertiary/aromatic N) is 1. The first-order chi connectivity index (χ1) is 5.22. The Balaban J connectivity index is 1.86. The van der Waals surface area contributed by atoms with Gasteiger partial charge in [0.15, 0.2) is 0 Å². The van der Waals surface area contributed by atoms with E-state index in [-0.39, 0.29) is 0 Å². The van der Waals surface area contributed by atoms with Crippen LogP contribution in [0, 0.1) is 5.41 Å². The highest BCUT2D eigenvalue weighted by Gasteiger charge is 2.45. The average molecular weight is 154 g/mol. The summed E-state index contributed by atoms with van der Waals surface area (Å²) in [7, 11) is 0. The molecule has 0 unspecified atom stereocenters. The molecule has 2 aliphatic heterocycles. The predicted octanol–water partition coefficient (Wildman–Crippen LogP) is 0.690. The van der Waals surface area contributed by atoms with Crippen molar-refractivity contribution in [3.8, 4) is 0 Å². The van der Waals surface area contributed by atoms with E-state index in [2.05, 4.69) is 24.1 Å². The van der Waals surface area contributed by atoms with Crippen LogP contribution in [0.2, 0.25) is 0 Å². The zero-order chi connectivity index (χ0) is 7.90. The molecule has 2 fully saturated rings. The first-order valence-corrected chi connectivity index (χ1v) is 4.67. The maximum absolute atomic E-state index is 3.45. The van der Waals surface area contributed by atoms with Gasteiger partial charge in [-0.2, -0.15) is 0 Å². The summed E-state index contributed by atoms with van der Waals surface area (Å²) >= 11 is 0. The van der Waals surface area contributed by atoms with E-state index in [4.69, 9.17) is 0 Å². The fraction of sp³-hybridized carbons (Fsp3) is 1.00. The summed E-state index contributed by atoms with van der Waals surface area (Å²) in [5.74, 6) is 0. The molecule has 0 amide bonds. The molecule has 0 aromatic rings. The zero-order valence-corrected chi connectivity index (χ0v) is 7.56. The predicted molar refractivity (Wildman–Crippen MR) is 46.6 cm³/mol. The van der Waals surface area contributed by atoms with Crippen molar-refractivity contribution in [2.24, 2.45) is 5.41 Å². The summed E-state index contributed by atoms with van der Waals surface area (Å²) in [4.78, 5) is 2.56. The zero-order valence-electron chi connectivity index (χ0n) is 7.56. The van der Waals surface area contributed by atoms with Crippen LogP contribution in [-0.4, -0.2) is 37.1 Å². The fourth-order valence-corrected chi connectivity index (χ4v) is 2.25. The third kappa shape index (κ3) is 1.18. The number of rotatable bonds is 1. The van der Waals surface area contributed by atoms with Gasteiger partial charge in [-0.1, -0.05) is 0 Å². The van der Waals surface area contributed by atoms with E-state index in [1.165, 1.54) is 32.6 Å². The highest BCUT2D eigenvalue weighted by atomic mass is 15.2. The Morgan fingerprint density at radius 1 is 1.36 bits per heavy atom. The molecule has 0 bridgehead atoms. The lowest BCUT2D eigenvalue weighted by Gasteiger charge is -2.50. The quantitative estimate of drug-likeness (QED) is 0.598. The van der Waals surface area contributed by atoms with Crippen molar-refractivity contribution in [2.45, 2.75) is 26.3 Å². The van der Waals surface area contributed by atoms with E-state index in [1.807, 2.05) is 0 Å². The van der Waals surface area contributed by atoms with Gasteiger partial charge in [-0.15, -0.1) is 0 Å². The van der Waals surface area contributed by atoms with Gasteiger partial charge in [0.1, 0.15) is 0 Å². The van der Waals surface area contributed by atoms with Crippen molar-refractivity contribution in [3.63, 3.8) is 0 Å². The SMILES string of the molecule is CC(C)N1CC2(CCNC2)C1. The number of likely N-dealkylation sites (tertiary alicyclic amines) is 1. The summed E-state index contributed by atoms with van der Waals surface area (Å²) in [5.41, 5.74) is 0.685. The summed E-state index contributed by atoms with van der Waals surface area (Å²) in [6, 6.07) is 0.751. The molecule has 2 nitrogen and oxygen atoms in total. The van der Waals surface area contributed by atoms with Crippen LogP contribution >= 0.6 is 0 Å². The Labute approximate surface area is 69.0 Å². The largest absolute Gasteiger partial charge is 0.316 e. The van der Waals surface area contributed by atoms with Gasteiger partial charge in [0, 0.05) is 31.1 Å². The van der Waals surface area contributed by atoms with Crippen LogP contribution in [0.1, 0.15) is 20.3 Å². The second-order valence-corrected chi connectivity index (χ2v) is 4.43. The van der Waals surface area contributed by atoms with Crippen LogP contribution in [0.15, 0.2) is 0 Å². The van der Waals surface area contributed by atoms with Gasteiger partial charge in [-0.05, 0) is 26.8 Å². The van der Waals surface area contributed by atoms with Gasteiger partial charge in [0.25, 0.3) is 0 Å². The molecule has 2 heteroatoms. The summed E-state index contributed by atoms with van der Waals surface area (Å²) < 4.78 is 0. The topological polar surface area (TPSA) is 15.3 Å². The Morgan fingerprint density at radius 3 is 2.55 bits per heavy atom. The van der Waals surface area contributed by atoms with Crippen LogP contribution in [0.5, 0.6) is 0 Å². The molecule has 2 saturated heterocycles. The molecule has 0 radical (unpaired) electrons. The lowest BCUT2D eigenvalue weighted by Crippen LogP contribution is -2.59. The molecule has 1 spiro atoms. The van der Waals surface area contributed by atoms with Crippen LogP contribution in [0.4, 0.5) is 0 Å². The highest BCUT2D eigenvalue weighted by Crippen LogP contribution is 2.36. The third-order valence-corrected chi connectivity index (χ3v) is 3.14. The molecule has 11 heavy (non-hydrogen) atoms. The van der Waals surface area contributed by atoms with Crippen molar-refractivity contribution in [3.05, 3.63) is 0 Å². The summed E-state index contributed by atoms with van der Waals surface area (Å²) in [6.45, 7) is 9.74. The second-order valence-electron chi connectivity index (χ2n) is 4.43. The molecular weight excluding hydrogens is 136 g/mol. The Morgan fingerprint density at radius 2 is 2.09 bits per heavy atom. The average Bonchev–Trinajstić information content (AvgIpc) is 2.29. The minimum absolute atomic E-state index is 0.685. The number of nitrogens with one attached hydrogen (secondary N) is 1. The molecule has 64 valence electrons. The molecule has 0 aromatic heterocycles. The van der Waals surface area contributed by atoms with Crippen molar-refractivity contribution in [1.29, 1.82) is 0 Å². The smallest absolute Gasteiger partial charge is 0.00945 e. The van der Waals surface area contributed by atoms with Crippen molar-refractivity contribution in [2.75, 3.05) is 26.2 Å². The maximum Gasteiger partial charge on any atom is 0.00945 e. The van der Waals surface area contributed by atoms with Gasteiger partial charge in [-0.25, -0.2) is 0 Å². The second kappa shape index (κ2) is 2.46. The van der Waals surface area contributed by atoms with E-state index >= 15 is 0 Å². The lowest BCUT2D eigenvalue weighted by molar-refractivity contribution is -0.00685. The van der Waals surface area contributed by atoms with Crippen LogP contribution in [-0.2, 0) is 0 Å². The van der Waals surface area contributed by atoms with Gasteiger partial charge < -0.3 is 5.32 Å². The standard InChI is InChI=1S/C9H18N2/c1-8(2)11-6-9(7-11)3-4-10-5-9/h8,10H,3-7H2,1-2H3. The molecule has 2 aliphatic rings. The van der Waals surface area contributed by atoms with Crippen molar-refractivity contribution in [1.82, 2.24) is 10.2 Å². The van der Waals surface area contributed by atoms with E-state index in [0.29, 0.717) is 5.41 Å². The number of hydrogen-bond donors (Lipinski definition) is 1. The van der Waals surface area contributed by atoms with Gasteiger partial charge in [-0.3, -0.25) is 4.90 Å². The minimum Gasteiger partial charge on any atom is -0.316 e. The Bertz CT molecular complexity index is 140. The van der Waals surface area contributed by atoms with Gasteiger partial charge in [0.2, 0.25) is 0 Å². The summed E-state index contributed by atoms with van der Waals surface area (Å²) in [6.07, 6.45) is 1.40. The molecular formula is C9H18N2. The molecule has 0 atom stereocenters. The normalized spacial score (nSPS) is 29.7. The van der Waals surface area contributed by atoms with E-state index in [0.717, 1.165) is 6.04 Å². The van der Waals surface area contributed by atoms with Crippen LogP contribution in [0.25, 0.3) is 0 Å². The monoisotopic (exact) mass is 154 g/mol. The Kier molecular flexibility index (Phi) is 1.69. The molecule has 2 rings (SSSR count). The van der Waals surface area contributed by atoms with E-state index in [9.17, 15) is 0 Å². The molecule has 1 N–H and O–H groups in total. The molecule has 0 aliphatic carbocycles. The molecule has 0 aromatic carbocycles. The lowest BCUT2D eigenvalue weighted by atomic mass is 9.78. The van der Waals surface area contributed by atoms with Crippen molar-refractivity contribution < 1.29 is 0 Å². The molecule has 2 heterocycles. The third-order valence-electron chi connectivity index (χ3n) is 3.14.